The predicted molar refractivity (Wildman–Crippen MR) is 64.2 cm³/mol. The first-order valence-corrected chi connectivity index (χ1v) is 5.94. The lowest BCUT2D eigenvalue weighted by atomic mass is 9.92. The van der Waals surface area contributed by atoms with Gasteiger partial charge in [-0.25, -0.2) is 4.79 Å². The van der Waals surface area contributed by atoms with Gasteiger partial charge in [-0.1, -0.05) is 18.5 Å². The Morgan fingerprint density at radius 2 is 2.29 bits per heavy atom. The van der Waals surface area contributed by atoms with Crippen molar-refractivity contribution in [1.29, 1.82) is 0 Å². The molecule has 92 valence electrons. The zero-order valence-corrected chi connectivity index (χ0v) is 10.3. The van der Waals surface area contributed by atoms with Gasteiger partial charge in [0, 0.05) is 6.54 Å². The van der Waals surface area contributed by atoms with E-state index in [0.29, 0.717) is 29.9 Å². The highest BCUT2D eigenvalue weighted by atomic mass is 35.5. The van der Waals surface area contributed by atoms with Gasteiger partial charge >= 0.3 is 5.97 Å². The quantitative estimate of drug-likeness (QED) is 0.873. The van der Waals surface area contributed by atoms with Crippen LogP contribution in [0, 0.1) is 5.92 Å². The van der Waals surface area contributed by atoms with Gasteiger partial charge in [0.05, 0.1) is 0 Å². The van der Waals surface area contributed by atoms with Crippen LogP contribution in [0.1, 0.15) is 19.8 Å². The summed E-state index contributed by atoms with van der Waals surface area (Å²) in [5.74, 6) is 0.189. The highest BCUT2D eigenvalue weighted by Gasteiger charge is 2.32. The standard InChI is InChI=1S/C11H14ClN3O2/c1-7-4-5-15(8(6-7)11(16)17)10-3-2-9(12)13-14-10/h2-3,7-8H,4-6H2,1H3,(H,16,17). The molecular formula is C11H14ClN3O2. The molecule has 0 aliphatic carbocycles. The van der Waals surface area contributed by atoms with Gasteiger partial charge in [0.15, 0.2) is 11.0 Å². The number of nitrogens with zero attached hydrogens (tertiary/aromatic N) is 3. The lowest BCUT2D eigenvalue weighted by Gasteiger charge is -2.36. The Labute approximate surface area is 104 Å². The van der Waals surface area contributed by atoms with Gasteiger partial charge in [-0.3, -0.25) is 0 Å². The number of hydrogen-bond acceptors (Lipinski definition) is 4. The van der Waals surface area contributed by atoms with E-state index in [0.717, 1.165) is 6.42 Å². The summed E-state index contributed by atoms with van der Waals surface area (Å²) in [6, 6.07) is 2.82. The molecule has 1 fully saturated rings. The third kappa shape index (κ3) is 2.66. The molecule has 2 heterocycles. The monoisotopic (exact) mass is 255 g/mol. The summed E-state index contributed by atoms with van der Waals surface area (Å²) in [6.07, 6.45) is 1.60. The maximum atomic E-state index is 11.2. The SMILES string of the molecule is CC1CCN(c2ccc(Cl)nn2)C(C(=O)O)C1. The van der Waals surface area contributed by atoms with E-state index in [9.17, 15) is 9.90 Å². The fourth-order valence-electron chi connectivity index (χ4n) is 2.11. The zero-order valence-electron chi connectivity index (χ0n) is 9.51. The van der Waals surface area contributed by atoms with Gasteiger partial charge < -0.3 is 10.0 Å². The van der Waals surface area contributed by atoms with Crippen LogP contribution in [0.5, 0.6) is 0 Å². The molecule has 1 aromatic heterocycles. The van der Waals surface area contributed by atoms with E-state index >= 15 is 0 Å². The topological polar surface area (TPSA) is 66.3 Å². The Hall–Kier alpha value is -1.36. The van der Waals surface area contributed by atoms with Crippen molar-refractivity contribution in [2.24, 2.45) is 5.92 Å². The van der Waals surface area contributed by atoms with Crippen molar-refractivity contribution in [2.75, 3.05) is 11.4 Å². The Morgan fingerprint density at radius 1 is 1.53 bits per heavy atom. The average molecular weight is 256 g/mol. The van der Waals surface area contributed by atoms with Crippen molar-refractivity contribution >= 4 is 23.4 Å². The molecule has 0 saturated carbocycles. The zero-order chi connectivity index (χ0) is 12.4. The molecular weight excluding hydrogens is 242 g/mol. The van der Waals surface area contributed by atoms with E-state index in [2.05, 4.69) is 17.1 Å². The summed E-state index contributed by atoms with van der Waals surface area (Å²) in [5.41, 5.74) is 0. The first kappa shape index (κ1) is 12.1. The molecule has 0 amide bonds. The average Bonchev–Trinajstić information content (AvgIpc) is 2.30. The van der Waals surface area contributed by atoms with Crippen LogP contribution in [0.25, 0.3) is 0 Å². The molecule has 1 aliphatic heterocycles. The normalized spacial score (nSPS) is 24.7. The van der Waals surface area contributed by atoms with E-state index in [4.69, 9.17) is 11.6 Å². The van der Waals surface area contributed by atoms with E-state index in [1.54, 1.807) is 17.0 Å². The van der Waals surface area contributed by atoms with Crippen LogP contribution in [0.15, 0.2) is 12.1 Å². The summed E-state index contributed by atoms with van der Waals surface area (Å²) >= 11 is 5.66. The summed E-state index contributed by atoms with van der Waals surface area (Å²) < 4.78 is 0. The van der Waals surface area contributed by atoms with Crippen LogP contribution in [-0.4, -0.2) is 33.9 Å². The summed E-state index contributed by atoms with van der Waals surface area (Å²) in [6.45, 7) is 2.76. The summed E-state index contributed by atoms with van der Waals surface area (Å²) in [5, 5.41) is 17.2. The largest absolute Gasteiger partial charge is 0.480 e. The van der Waals surface area contributed by atoms with Crippen LogP contribution in [0.3, 0.4) is 0 Å². The number of anilines is 1. The number of rotatable bonds is 2. The van der Waals surface area contributed by atoms with Gasteiger partial charge in [0.2, 0.25) is 0 Å². The first-order valence-electron chi connectivity index (χ1n) is 5.56. The Balaban J connectivity index is 2.23. The molecule has 2 atom stereocenters. The maximum absolute atomic E-state index is 11.2. The smallest absolute Gasteiger partial charge is 0.326 e. The molecule has 1 aliphatic rings. The fourth-order valence-corrected chi connectivity index (χ4v) is 2.21. The Kier molecular flexibility index (Phi) is 3.47. The van der Waals surface area contributed by atoms with Crippen LogP contribution in [0.2, 0.25) is 5.15 Å². The van der Waals surface area contributed by atoms with Crippen molar-refractivity contribution in [1.82, 2.24) is 10.2 Å². The molecule has 6 heteroatoms. The Bertz CT molecular complexity index is 410. The number of halogens is 1. The number of aliphatic carboxylic acids is 1. The number of carboxylic acid groups (broad SMARTS) is 1. The second-order valence-electron chi connectivity index (χ2n) is 4.39. The van der Waals surface area contributed by atoms with E-state index in [-0.39, 0.29) is 0 Å². The van der Waals surface area contributed by atoms with Crippen LogP contribution < -0.4 is 4.90 Å². The second-order valence-corrected chi connectivity index (χ2v) is 4.78. The molecule has 1 N–H and O–H groups in total. The minimum Gasteiger partial charge on any atom is -0.480 e. The Morgan fingerprint density at radius 3 is 2.88 bits per heavy atom. The number of hydrogen-bond donors (Lipinski definition) is 1. The van der Waals surface area contributed by atoms with Gasteiger partial charge in [-0.05, 0) is 30.9 Å². The molecule has 1 saturated heterocycles. The molecule has 17 heavy (non-hydrogen) atoms. The molecule has 0 aromatic carbocycles. The lowest BCUT2D eigenvalue weighted by Crippen LogP contribution is -2.47. The van der Waals surface area contributed by atoms with Crippen LogP contribution >= 0.6 is 11.6 Å². The molecule has 5 nitrogen and oxygen atoms in total. The van der Waals surface area contributed by atoms with Crippen molar-refractivity contribution in [2.45, 2.75) is 25.8 Å². The third-order valence-corrected chi connectivity index (χ3v) is 3.26. The second kappa shape index (κ2) is 4.87. The highest BCUT2D eigenvalue weighted by Crippen LogP contribution is 2.26. The molecule has 0 spiro atoms. The molecule has 2 unspecified atom stereocenters. The summed E-state index contributed by atoms with van der Waals surface area (Å²) in [7, 11) is 0. The molecule has 1 aromatic rings. The molecule has 0 radical (unpaired) electrons. The van der Waals surface area contributed by atoms with Crippen molar-refractivity contribution < 1.29 is 9.90 Å². The van der Waals surface area contributed by atoms with Crippen LogP contribution in [0.4, 0.5) is 5.82 Å². The van der Waals surface area contributed by atoms with Gasteiger partial charge in [-0.15, -0.1) is 10.2 Å². The van der Waals surface area contributed by atoms with Crippen molar-refractivity contribution in [3.8, 4) is 0 Å². The fraction of sp³-hybridized carbons (Fsp3) is 0.545. The number of piperidine rings is 1. The van der Waals surface area contributed by atoms with Gasteiger partial charge in [-0.2, -0.15) is 0 Å². The van der Waals surface area contributed by atoms with Crippen LogP contribution in [-0.2, 0) is 4.79 Å². The summed E-state index contributed by atoms with van der Waals surface area (Å²) in [4.78, 5) is 13.0. The van der Waals surface area contributed by atoms with Gasteiger partial charge in [0.1, 0.15) is 6.04 Å². The number of carbonyl (C=O) groups is 1. The third-order valence-electron chi connectivity index (χ3n) is 3.06. The predicted octanol–water partition coefficient (Wildman–Crippen LogP) is 1.82. The minimum absolute atomic E-state index is 0.311. The van der Waals surface area contributed by atoms with Gasteiger partial charge in [0.25, 0.3) is 0 Å². The minimum atomic E-state index is -0.812. The lowest BCUT2D eigenvalue weighted by molar-refractivity contribution is -0.139. The first-order chi connectivity index (χ1) is 8.08. The van der Waals surface area contributed by atoms with E-state index in [1.807, 2.05) is 0 Å². The van der Waals surface area contributed by atoms with Crippen molar-refractivity contribution in [3.05, 3.63) is 17.3 Å². The number of carboxylic acids is 1. The molecule has 2 rings (SSSR count). The van der Waals surface area contributed by atoms with E-state index in [1.165, 1.54) is 0 Å². The van der Waals surface area contributed by atoms with E-state index < -0.39 is 12.0 Å². The maximum Gasteiger partial charge on any atom is 0.326 e. The van der Waals surface area contributed by atoms with Crippen molar-refractivity contribution in [3.63, 3.8) is 0 Å². The highest BCUT2D eigenvalue weighted by molar-refractivity contribution is 6.29. The molecule has 0 bridgehead atoms. The number of aromatic nitrogens is 2.